The third kappa shape index (κ3) is 13.2. The molecule has 0 spiro atoms. The monoisotopic (exact) mass is 783 g/mol. The van der Waals surface area contributed by atoms with Crippen LogP contribution < -0.4 is 10.6 Å². The molecule has 12 heteroatoms. The number of amides is 2. The largest absolute Gasteiger partial charge is 0.507 e. The van der Waals surface area contributed by atoms with Crippen LogP contribution in [0.4, 0.5) is 9.59 Å². The van der Waals surface area contributed by atoms with Gasteiger partial charge in [0.1, 0.15) is 19.0 Å². The zero-order valence-corrected chi connectivity index (χ0v) is 34.2. The first kappa shape index (κ1) is 41.4. The van der Waals surface area contributed by atoms with Gasteiger partial charge in [0.2, 0.25) is 0 Å². The Labute approximate surface area is 333 Å². The van der Waals surface area contributed by atoms with E-state index in [1.165, 1.54) is 22.7 Å². The maximum atomic E-state index is 13.3. The number of carbonyl (C=O) groups is 2. The Morgan fingerprint density at radius 2 is 1.20 bits per heavy atom. The van der Waals surface area contributed by atoms with Crippen LogP contribution in [0.15, 0.2) is 96.2 Å². The summed E-state index contributed by atoms with van der Waals surface area (Å²) >= 11 is 2.85. The van der Waals surface area contributed by atoms with E-state index in [1.54, 1.807) is 23.4 Å². The number of benzene rings is 3. The number of carbonyl (C=O) groups excluding carboxylic acids is 2. The molecule has 0 saturated heterocycles. The molecule has 2 heterocycles. The zero-order chi connectivity index (χ0) is 39.4. The summed E-state index contributed by atoms with van der Waals surface area (Å²) < 4.78 is 11.3. The lowest BCUT2D eigenvalue weighted by atomic mass is 9.79. The number of ether oxygens (including phenoxy) is 2. The van der Waals surface area contributed by atoms with Crippen molar-refractivity contribution in [2.75, 3.05) is 13.1 Å². The summed E-state index contributed by atoms with van der Waals surface area (Å²) in [4.78, 5) is 38.7. The minimum absolute atomic E-state index is 0.119. The van der Waals surface area contributed by atoms with E-state index in [9.17, 15) is 14.7 Å². The average molecular weight is 784 g/mol. The van der Waals surface area contributed by atoms with Gasteiger partial charge in [-0.15, -0.1) is 22.7 Å². The van der Waals surface area contributed by atoms with Crippen LogP contribution in [-0.4, -0.2) is 57.3 Å². The number of aromatic nitrogens is 2. The maximum Gasteiger partial charge on any atom is 0.407 e. The molecule has 292 valence electrons. The summed E-state index contributed by atoms with van der Waals surface area (Å²) in [5, 5.41) is 18.2. The fraction of sp³-hybridized carbons (Fsp3) is 0.395. The van der Waals surface area contributed by atoms with Gasteiger partial charge in [-0.25, -0.2) is 9.59 Å². The van der Waals surface area contributed by atoms with Crippen LogP contribution in [0.2, 0.25) is 0 Å². The quantitative estimate of drug-likeness (QED) is 0.0908. The second-order valence-electron chi connectivity index (χ2n) is 15.9. The van der Waals surface area contributed by atoms with Crippen molar-refractivity contribution in [1.82, 2.24) is 25.5 Å². The summed E-state index contributed by atoms with van der Waals surface area (Å²) in [5.74, 6) is 0.249. The minimum atomic E-state index is -0.535. The average Bonchev–Trinajstić information content (AvgIpc) is 3.86. The normalized spacial score (nSPS) is 12.9. The van der Waals surface area contributed by atoms with E-state index in [2.05, 4.69) is 79.2 Å². The van der Waals surface area contributed by atoms with E-state index in [4.69, 9.17) is 9.47 Å². The molecule has 0 radical (unpaired) electrons. The Hall–Kier alpha value is -4.78. The summed E-state index contributed by atoms with van der Waals surface area (Å²) in [6, 6.07) is 23.4. The molecule has 0 aliphatic heterocycles. The fourth-order valence-electron chi connectivity index (χ4n) is 6.32. The van der Waals surface area contributed by atoms with Crippen molar-refractivity contribution in [3.63, 3.8) is 0 Å². The van der Waals surface area contributed by atoms with Gasteiger partial charge in [0, 0.05) is 49.7 Å². The predicted octanol–water partition coefficient (Wildman–Crippen LogP) is 8.78. The van der Waals surface area contributed by atoms with E-state index in [1.807, 2.05) is 60.7 Å². The predicted molar refractivity (Wildman–Crippen MR) is 220 cm³/mol. The zero-order valence-electron chi connectivity index (χ0n) is 32.6. The standard InChI is InChI=1S/C43H53N5O5S2/c1-42(2,3)33-19-32(39(49)38(20-33)43(4,5)6)23-48(24-34(17-30-13-9-7-10-14-30)46-40(50)52-26-36-21-44-28-54-36)25-35(18-31-15-11-8-12-16-31)47-41(51)53-27-37-22-45-29-55-37/h7-16,19-22,28-29,34-35,49H,17-18,23-27H2,1-6H3,(H,46,50)(H,47,51)/t34-,35-/m0/s1. The molecular weight excluding hydrogens is 731 g/mol. The van der Waals surface area contributed by atoms with Crippen LogP contribution in [0.3, 0.4) is 0 Å². The fourth-order valence-corrected chi connectivity index (χ4v) is 7.34. The van der Waals surface area contributed by atoms with Crippen molar-refractivity contribution in [2.45, 2.75) is 97.1 Å². The summed E-state index contributed by atoms with van der Waals surface area (Å²) in [5.41, 5.74) is 7.77. The number of nitrogens with one attached hydrogen (secondary N) is 2. The number of phenols is 1. The SMILES string of the molecule is CC(C)(C)c1cc(CN(C[C@H](Cc2ccccc2)NC(=O)OCc2cncs2)C[C@H](Cc2ccccc2)NC(=O)OCc2cncs2)c(O)c(C(C)(C)C)c1. The molecule has 0 fully saturated rings. The van der Waals surface area contributed by atoms with E-state index >= 15 is 0 Å². The second kappa shape index (κ2) is 19.2. The molecule has 2 aromatic heterocycles. The number of aromatic hydroxyl groups is 1. The van der Waals surface area contributed by atoms with Crippen molar-refractivity contribution in [3.05, 3.63) is 134 Å². The number of phenolic OH excluding ortho intramolecular Hbond substituents is 1. The Kier molecular flexibility index (Phi) is 14.4. The third-order valence-electron chi connectivity index (χ3n) is 9.17. The van der Waals surface area contributed by atoms with Crippen LogP contribution >= 0.6 is 22.7 Å². The summed E-state index contributed by atoms with van der Waals surface area (Å²) in [7, 11) is 0. The van der Waals surface area contributed by atoms with Gasteiger partial charge in [0.25, 0.3) is 0 Å². The van der Waals surface area contributed by atoms with Crippen LogP contribution in [-0.2, 0) is 52.9 Å². The number of thiazole rings is 2. The molecule has 2 atom stereocenters. The van der Waals surface area contributed by atoms with Crippen molar-refractivity contribution >= 4 is 34.9 Å². The summed E-state index contributed by atoms with van der Waals surface area (Å²) in [6.07, 6.45) is 3.37. The first-order valence-corrected chi connectivity index (χ1v) is 20.3. The topological polar surface area (TPSA) is 126 Å². The molecule has 0 aliphatic carbocycles. The van der Waals surface area contributed by atoms with Crippen LogP contribution in [0.25, 0.3) is 0 Å². The minimum Gasteiger partial charge on any atom is -0.507 e. The van der Waals surface area contributed by atoms with Crippen molar-refractivity contribution in [2.24, 2.45) is 0 Å². The summed E-state index contributed by atoms with van der Waals surface area (Å²) in [6.45, 7) is 14.2. The first-order chi connectivity index (χ1) is 26.2. The lowest BCUT2D eigenvalue weighted by Crippen LogP contribution is -2.50. The number of hydrogen-bond acceptors (Lipinski definition) is 10. The molecule has 3 aromatic carbocycles. The molecule has 3 N–H and O–H groups in total. The van der Waals surface area contributed by atoms with Gasteiger partial charge in [-0.1, -0.05) is 114 Å². The van der Waals surface area contributed by atoms with Gasteiger partial charge in [-0.3, -0.25) is 14.9 Å². The highest BCUT2D eigenvalue weighted by atomic mass is 32.1. The molecule has 0 saturated carbocycles. The smallest absolute Gasteiger partial charge is 0.407 e. The Morgan fingerprint density at radius 1 is 0.727 bits per heavy atom. The van der Waals surface area contributed by atoms with E-state index in [-0.39, 0.29) is 41.9 Å². The molecule has 5 rings (SSSR count). The van der Waals surface area contributed by atoms with Crippen LogP contribution in [0.1, 0.15) is 79.1 Å². The number of hydrogen-bond donors (Lipinski definition) is 3. The van der Waals surface area contributed by atoms with Gasteiger partial charge in [0.05, 0.1) is 20.8 Å². The highest BCUT2D eigenvalue weighted by molar-refractivity contribution is 7.09. The van der Waals surface area contributed by atoms with Gasteiger partial charge >= 0.3 is 12.2 Å². The Balaban J connectivity index is 1.49. The van der Waals surface area contributed by atoms with Crippen LogP contribution in [0, 0.1) is 0 Å². The maximum absolute atomic E-state index is 13.3. The number of nitrogens with zero attached hydrogens (tertiary/aromatic N) is 3. The lowest BCUT2D eigenvalue weighted by molar-refractivity contribution is 0.125. The Morgan fingerprint density at radius 3 is 1.60 bits per heavy atom. The van der Waals surface area contributed by atoms with Gasteiger partial charge in [0.15, 0.2) is 0 Å². The van der Waals surface area contributed by atoms with E-state index in [0.717, 1.165) is 37.6 Å². The van der Waals surface area contributed by atoms with Crippen molar-refractivity contribution < 1.29 is 24.2 Å². The number of rotatable bonds is 16. The lowest BCUT2D eigenvalue weighted by Gasteiger charge is -2.33. The Bertz CT molecular complexity index is 1830. The van der Waals surface area contributed by atoms with Crippen molar-refractivity contribution in [3.8, 4) is 5.75 Å². The van der Waals surface area contributed by atoms with E-state index < -0.39 is 12.2 Å². The highest BCUT2D eigenvalue weighted by Gasteiger charge is 2.28. The molecule has 0 aliphatic rings. The van der Waals surface area contributed by atoms with Gasteiger partial charge in [-0.2, -0.15) is 0 Å². The molecule has 0 bridgehead atoms. The molecule has 55 heavy (non-hydrogen) atoms. The molecule has 10 nitrogen and oxygen atoms in total. The molecule has 2 amide bonds. The van der Waals surface area contributed by atoms with Gasteiger partial charge in [-0.05, 0) is 45.9 Å². The van der Waals surface area contributed by atoms with Gasteiger partial charge < -0.3 is 25.2 Å². The first-order valence-electron chi connectivity index (χ1n) is 18.5. The van der Waals surface area contributed by atoms with Crippen molar-refractivity contribution in [1.29, 1.82) is 0 Å². The highest BCUT2D eigenvalue weighted by Crippen LogP contribution is 2.38. The molecular formula is C43H53N5O5S2. The molecule has 0 unspecified atom stereocenters. The van der Waals surface area contributed by atoms with E-state index in [0.29, 0.717) is 32.5 Å². The molecule has 5 aromatic rings. The third-order valence-corrected chi connectivity index (χ3v) is 10.7. The number of alkyl carbamates (subject to hydrolysis) is 2. The second-order valence-corrected chi connectivity index (χ2v) is 17.8. The van der Waals surface area contributed by atoms with Crippen LogP contribution in [0.5, 0.6) is 5.75 Å².